The standard InChI is InChI=1S/C21H25N7O3.2CH3.V/c1-21(2,10-12-29)31-15-7-5-14(6-8-15)9-11-23-19-25-18(22)28-20(26-19)24-17(27-28)16-4-3-13-30-16;;;/h3-8,13,29H,9-12H2,1-2H3,(H3,22,23,24,25,26,27);2*1H3;/q;2*-1;+2. The fourth-order valence-corrected chi connectivity index (χ4v) is 3.08. The van der Waals surface area contributed by atoms with E-state index in [1.165, 1.54) is 4.52 Å². The summed E-state index contributed by atoms with van der Waals surface area (Å²) >= 11 is 0. The Morgan fingerprint density at radius 3 is 2.50 bits per heavy atom. The molecular weight excluding hydrogens is 473 g/mol. The van der Waals surface area contributed by atoms with Crippen LogP contribution in [0.5, 0.6) is 5.75 Å². The predicted octanol–water partition coefficient (Wildman–Crippen LogP) is 3.45. The van der Waals surface area contributed by atoms with Crippen LogP contribution in [0.4, 0.5) is 11.9 Å². The maximum absolute atomic E-state index is 9.12. The second-order valence-corrected chi connectivity index (χ2v) is 7.69. The van der Waals surface area contributed by atoms with E-state index in [9.17, 15) is 0 Å². The molecule has 4 N–H and O–H groups in total. The number of hydrogen-bond donors (Lipinski definition) is 3. The predicted molar refractivity (Wildman–Crippen MR) is 129 cm³/mol. The number of anilines is 2. The van der Waals surface area contributed by atoms with Crippen LogP contribution in [0, 0.1) is 14.9 Å². The van der Waals surface area contributed by atoms with Crippen LogP contribution in [0.15, 0.2) is 47.1 Å². The topological polar surface area (TPSA) is 137 Å². The number of nitrogen functional groups attached to an aromatic ring is 1. The number of rotatable bonds is 9. The summed E-state index contributed by atoms with van der Waals surface area (Å²) in [4.78, 5) is 13.0. The van der Waals surface area contributed by atoms with Crippen molar-refractivity contribution in [2.24, 2.45) is 0 Å². The Bertz CT molecular complexity index is 1150. The van der Waals surface area contributed by atoms with Crippen LogP contribution < -0.4 is 15.8 Å². The summed E-state index contributed by atoms with van der Waals surface area (Å²) in [5, 5.41) is 16.6. The van der Waals surface area contributed by atoms with Crippen LogP contribution in [-0.2, 0) is 25.0 Å². The van der Waals surface area contributed by atoms with Gasteiger partial charge in [-0.05, 0) is 50.1 Å². The van der Waals surface area contributed by atoms with Crippen LogP contribution in [0.25, 0.3) is 17.4 Å². The summed E-state index contributed by atoms with van der Waals surface area (Å²) in [6.45, 7) is 4.62. The zero-order valence-corrected chi connectivity index (χ0v) is 21.3. The summed E-state index contributed by atoms with van der Waals surface area (Å²) < 4.78 is 12.6. The van der Waals surface area contributed by atoms with Crippen molar-refractivity contribution in [2.45, 2.75) is 32.3 Å². The number of fused-ring (bicyclic) bond motifs is 1. The van der Waals surface area contributed by atoms with Crippen molar-refractivity contribution in [1.29, 1.82) is 0 Å². The van der Waals surface area contributed by atoms with Crippen molar-refractivity contribution in [3.8, 4) is 17.3 Å². The van der Waals surface area contributed by atoms with E-state index >= 15 is 0 Å². The largest absolute Gasteiger partial charge is 2.00 e. The van der Waals surface area contributed by atoms with E-state index in [1.54, 1.807) is 18.4 Å². The van der Waals surface area contributed by atoms with Gasteiger partial charge in [0.15, 0.2) is 5.76 Å². The zero-order valence-electron chi connectivity index (χ0n) is 19.9. The molecule has 11 heteroatoms. The summed E-state index contributed by atoms with van der Waals surface area (Å²) in [5.74, 6) is 2.61. The van der Waals surface area contributed by atoms with E-state index in [0.29, 0.717) is 36.3 Å². The molecule has 0 aliphatic carbocycles. The van der Waals surface area contributed by atoms with Gasteiger partial charge in [0, 0.05) is 19.6 Å². The number of ether oxygens (including phenoxy) is 1. The van der Waals surface area contributed by atoms with Crippen molar-refractivity contribution >= 4 is 17.7 Å². The Hall–Kier alpha value is -3.08. The number of nitrogens with zero attached hydrogens (tertiary/aromatic N) is 5. The van der Waals surface area contributed by atoms with Gasteiger partial charge in [-0.25, -0.2) is 0 Å². The van der Waals surface area contributed by atoms with E-state index in [1.807, 2.05) is 38.1 Å². The normalized spacial score (nSPS) is 10.7. The number of benzene rings is 1. The third-order valence-corrected chi connectivity index (χ3v) is 4.70. The third kappa shape index (κ3) is 6.96. The van der Waals surface area contributed by atoms with Crippen LogP contribution in [-0.4, -0.2) is 48.4 Å². The van der Waals surface area contributed by atoms with Gasteiger partial charge in [0.2, 0.25) is 17.7 Å². The van der Waals surface area contributed by atoms with Gasteiger partial charge in [-0.2, -0.15) is 19.5 Å². The van der Waals surface area contributed by atoms with E-state index in [2.05, 4.69) is 25.4 Å². The monoisotopic (exact) mass is 504 g/mol. The molecule has 0 unspecified atom stereocenters. The van der Waals surface area contributed by atoms with Gasteiger partial charge in [-0.3, -0.25) is 0 Å². The molecule has 0 amide bonds. The molecule has 181 valence electrons. The second kappa shape index (κ2) is 12.4. The first kappa shape index (κ1) is 29.0. The molecule has 34 heavy (non-hydrogen) atoms. The molecule has 1 aromatic carbocycles. The Morgan fingerprint density at radius 2 is 1.85 bits per heavy atom. The van der Waals surface area contributed by atoms with Gasteiger partial charge in [0.05, 0.1) is 6.26 Å². The molecular formula is C23H31N7O3V. The average molecular weight is 504 g/mol. The molecule has 1 radical (unpaired) electrons. The van der Waals surface area contributed by atoms with E-state index in [0.717, 1.165) is 17.7 Å². The van der Waals surface area contributed by atoms with Crippen molar-refractivity contribution < 1.29 is 32.8 Å². The average Bonchev–Trinajstić information content (AvgIpc) is 3.39. The molecule has 4 rings (SSSR count). The minimum Gasteiger partial charge on any atom is -0.488 e. The van der Waals surface area contributed by atoms with Crippen LogP contribution in [0.3, 0.4) is 0 Å². The summed E-state index contributed by atoms with van der Waals surface area (Å²) in [6.07, 6.45) is 2.89. The van der Waals surface area contributed by atoms with E-state index < -0.39 is 5.60 Å². The van der Waals surface area contributed by atoms with Gasteiger partial charge in [0.1, 0.15) is 11.4 Å². The number of nitrogens with two attached hydrogens (primary N) is 1. The zero-order chi connectivity index (χ0) is 21.8. The van der Waals surface area contributed by atoms with Gasteiger partial charge in [-0.15, -0.1) is 5.10 Å². The van der Waals surface area contributed by atoms with Gasteiger partial charge < -0.3 is 40.2 Å². The third-order valence-electron chi connectivity index (χ3n) is 4.70. The first-order valence-electron chi connectivity index (χ1n) is 10.0. The van der Waals surface area contributed by atoms with Crippen molar-refractivity contribution in [1.82, 2.24) is 24.6 Å². The number of aliphatic hydroxyl groups excluding tert-OH is 1. The number of nitrogens with one attached hydrogen (secondary N) is 1. The maximum Gasteiger partial charge on any atom is 2.00 e. The minimum atomic E-state index is -0.410. The Kier molecular flexibility index (Phi) is 10.6. The first-order chi connectivity index (χ1) is 14.9. The van der Waals surface area contributed by atoms with Gasteiger partial charge in [-0.1, -0.05) is 12.1 Å². The first-order valence-corrected chi connectivity index (χ1v) is 10.0. The van der Waals surface area contributed by atoms with Gasteiger partial charge in [0.25, 0.3) is 5.78 Å². The van der Waals surface area contributed by atoms with Crippen LogP contribution in [0.2, 0.25) is 0 Å². The summed E-state index contributed by atoms with van der Waals surface area (Å²) in [6, 6.07) is 11.4. The Labute approximate surface area is 211 Å². The van der Waals surface area contributed by atoms with Crippen molar-refractivity contribution in [3.63, 3.8) is 0 Å². The number of hydrogen-bond acceptors (Lipinski definition) is 9. The number of aliphatic hydroxyl groups is 1. The molecule has 0 atom stereocenters. The van der Waals surface area contributed by atoms with Crippen molar-refractivity contribution in [2.75, 3.05) is 24.2 Å². The fourth-order valence-electron chi connectivity index (χ4n) is 3.08. The van der Waals surface area contributed by atoms with Crippen molar-refractivity contribution in [3.05, 3.63) is 63.1 Å². The SMILES string of the molecule is CC(C)(CCO)Oc1ccc(CCNc2nc(N)n3nc(-c4ccco4)nc3n2)cc1.[CH3-].[CH3-].[V+2]. The summed E-state index contributed by atoms with van der Waals surface area (Å²) in [7, 11) is 0. The molecule has 4 aromatic rings. The smallest absolute Gasteiger partial charge is 0.488 e. The molecule has 0 fully saturated rings. The molecule has 0 saturated heterocycles. The number of aromatic nitrogens is 5. The van der Waals surface area contributed by atoms with Crippen LogP contribution >= 0.6 is 0 Å². The molecule has 0 saturated carbocycles. The Morgan fingerprint density at radius 1 is 1.12 bits per heavy atom. The summed E-state index contributed by atoms with van der Waals surface area (Å²) in [5.41, 5.74) is 6.73. The minimum absolute atomic E-state index is 0. The quantitative estimate of drug-likeness (QED) is 0.293. The molecule has 3 heterocycles. The number of furan rings is 1. The Balaban J connectivity index is 0.00000193. The molecule has 0 bridgehead atoms. The van der Waals surface area contributed by atoms with E-state index in [4.69, 9.17) is 20.0 Å². The molecule has 0 spiro atoms. The molecule has 3 aromatic heterocycles. The molecule has 10 nitrogen and oxygen atoms in total. The van der Waals surface area contributed by atoms with Gasteiger partial charge >= 0.3 is 18.6 Å². The second-order valence-electron chi connectivity index (χ2n) is 7.69. The van der Waals surface area contributed by atoms with Crippen LogP contribution in [0.1, 0.15) is 25.8 Å². The fraction of sp³-hybridized carbons (Fsp3) is 0.304. The van der Waals surface area contributed by atoms with E-state index in [-0.39, 0.29) is 46.0 Å². The molecule has 0 aliphatic heterocycles. The molecule has 0 aliphatic rings. The maximum atomic E-state index is 9.12.